The van der Waals surface area contributed by atoms with E-state index < -0.39 is 17.5 Å². The maximum absolute atomic E-state index is 13.4. The SMILES string of the molecule is CCC(=O)OC(C)(COC(=O)CN)COc1ccc(-n2cnn3cc(-c4ccc(Cl)cc4)cc3c2=O)cc1OC. The summed E-state index contributed by atoms with van der Waals surface area (Å²) in [6.45, 7) is 2.54. The van der Waals surface area contributed by atoms with E-state index in [2.05, 4.69) is 5.10 Å². The second-order valence-corrected chi connectivity index (χ2v) is 9.57. The van der Waals surface area contributed by atoms with Crippen molar-refractivity contribution in [2.45, 2.75) is 25.9 Å². The Hall–Kier alpha value is -4.35. The summed E-state index contributed by atoms with van der Waals surface area (Å²) in [6, 6.07) is 14.0. The number of hydrogen-bond donors (Lipinski definition) is 1. The Kier molecular flexibility index (Phi) is 8.76. The van der Waals surface area contributed by atoms with Crippen molar-refractivity contribution >= 4 is 29.1 Å². The van der Waals surface area contributed by atoms with Crippen LogP contribution in [0.5, 0.6) is 11.5 Å². The maximum atomic E-state index is 13.4. The van der Waals surface area contributed by atoms with Gasteiger partial charge in [0.1, 0.15) is 25.1 Å². The van der Waals surface area contributed by atoms with Crippen LogP contribution in [-0.2, 0) is 19.1 Å². The molecule has 11 nitrogen and oxygen atoms in total. The standard InChI is InChI=1S/C28H29ClN4O7/c1-4-25(34)40-28(2,16-39-26(35)13-30)15-38-23-10-9-21(12-24(23)37-3)32-17-31-33-14-19(11-22(33)27(32)36)18-5-7-20(29)8-6-18/h5-12,14,17H,4,13,15-16,30H2,1-3H3. The molecular weight excluding hydrogens is 540 g/mol. The van der Waals surface area contributed by atoms with Crippen LogP contribution in [0.2, 0.25) is 5.02 Å². The molecule has 4 rings (SSSR count). The Morgan fingerprint density at radius 2 is 1.77 bits per heavy atom. The molecule has 1 unspecified atom stereocenters. The normalized spacial score (nSPS) is 12.5. The molecule has 2 N–H and O–H groups in total. The van der Waals surface area contributed by atoms with Crippen LogP contribution in [0.15, 0.2) is 65.8 Å². The molecule has 0 radical (unpaired) electrons. The Labute approximate surface area is 235 Å². The van der Waals surface area contributed by atoms with Gasteiger partial charge in [0.15, 0.2) is 17.1 Å². The van der Waals surface area contributed by atoms with Gasteiger partial charge in [-0.25, -0.2) is 4.52 Å². The summed E-state index contributed by atoms with van der Waals surface area (Å²) in [5, 5.41) is 5.01. The van der Waals surface area contributed by atoms with Crippen molar-refractivity contribution in [1.29, 1.82) is 0 Å². The largest absolute Gasteiger partial charge is 0.493 e. The Balaban J connectivity index is 1.59. The van der Waals surface area contributed by atoms with Gasteiger partial charge in [-0.2, -0.15) is 5.10 Å². The van der Waals surface area contributed by atoms with Gasteiger partial charge in [-0.15, -0.1) is 0 Å². The predicted octanol–water partition coefficient (Wildman–Crippen LogP) is 3.41. The number of hydrogen-bond acceptors (Lipinski definition) is 9. The summed E-state index contributed by atoms with van der Waals surface area (Å²) >= 11 is 5.99. The van der Waals surface area contributed by atoms with Crippen LogP contribution in [-0.4, -0.2) is 58.6 Å². The van der Waals surface area contributed by atoms with E-state index in [1.807, 2.05) is 12.1 Å². The molecule has 0 fully saturated rings. The van der Waals surface area contributed by atoms with Crippen LogP contribution in [0.25, 0.3) is 22.3 Å². The van der Waals surface area contributed by atoms with Crippen molar-refractivity contribution < 1.29 is 28.5 Å². The summed E-state index contributed by atoms with van der Waals surface area (Å²) in [5.41, 5.74) is 6.35. The van der Waals surface area contributed by atoms with E-state index in [0.717, 1.165) is 11.1 Å². The van der Waals surface area contributed by atoms with Gasteiger partial charge in [0.2, 0.25) is 0 Å². The Morgan fingerprint density at radius 1 is 1.02 bits per heavy atom. The van der Waals surface area contributed by atoms with E-state index >= 15 is 0 Å². The van der Waals surface area contributed by atoms with Crippen molar-refractivity contribution in [3.05, 3.63) is 76.4 Å². The number of methoxy groups -OCH3 is 1. The average molecular weight is 569 g/mol. The van der Waals surface area contributed by atoms with Crippen LogP contribution >= 0.6 is 11.6 Å². The molecule has 0 aliphatic heterocycles. The molecule has 0 aliphatic rings. The molecule has 0 aliphatic carbocycles. The second-order valence-electron chi connectivity index (χ2n) is 9.14. The van der Waals surface area contributed by atoms with Gasteiger partial charge in [0.05, 0.1) is 19.3 Å². The number of nitrogens with two attached hydrogens (primary N) is 1. The smallest absolute Gasteiger partial charge is 0.319 e. The number of rotatable bonds is 11. The quantitative estimate of drug-likeness (QED) is 0.270. The average Bonchev–Trinajstić information content (AvgIpc) is 3.41. The zero-order valence-corrected chi connectivity index (χ0v) is 23.0. The second kappa shape index (κ2) is 12.2. The van der Waals surface area contributed by atoms with Crippen molar-refractivity contribution in [3.63, 3.8) is 0 Å². The third kappa shape index (κ3) is 6.44. The molecule has 12 heteroatoms. The molecule has 40 heavy (non-hydrogen) atoms. The summed E-state index contributed by atoms with van der Waals surface area (Å²) in [7, 11) is 1.46. The third-order valence-electron chi connectivity index (χ3n) is 6.02. The molecule has 0 bridgehead atoms. The fraction of sp³-hybridized carbons (Fsp3) is 0.286. The zero-order chi connectivity index (χ0) is 28.9. The van der Waals surface area contributed by atoms with E-state index in [0.29, 0.717) is 27.7 Å². The highest BCUT2D eigenvalue weighted by molar-refractivity contribution is 6.30. The van der Waals surface area contributed by atoms with Gasteiger partial charge >= 0.3 is 11.9 Å². The van der Waals surface area contributed by atoms with Crippen molar-refractivity contribution in [2.24, 2.45) is 5.73 Å². The lowest BCUT2D eigenvalue weighted by Gasteiger charge is -2.29. The first kappa shape index (κ1) is 28.7. The minimum Gasteiger partial charge on any atom is -0.493 e. The molecule has 0 spiro atoms. The van der Waals surface area contributed by atoms with Gasteiger partial charge in [0, 0.05) is 29.3 Å². The van der Waals surface area contributed by atoms with Crippen molar-refractivity contribution in [1.82, 2.24) is 14.2 Å². The Bertz CT molecular complexity index is 1580. The summed E-state index contributed by atoms with van der Waals surface area (Å²) in [5.74, 6) is -0.473. The van der Waals surface area contributed by atoms with Gasteiger partial charge in [0.25, 0.3) is 5.56 Å². The van der Waals surface area contributed by atoms with E-state index in [-0.39, 0.29) is 31.7 Å². The van der Waals surface area contributed by atoms with Crippen LogP contribution in [0.3, 0.4) is 0 Å². The lowest BCUT2D eigenvalue weighted by atomic mass is 10.1. The third-order valence-corrected chi connectivity index (χ3v) is 6.27. The fourth-order valence-corrected chi connectivity index (χ4v) is 4.00. The number of halogens is 1. The monoisotopic (exact) mass is 568 g/mol. The minimum atomic E-state index is -1.27. The summed E-state index contributed by atoms with van der Waals surface area (Å²) in [6.07, 6.45) is 3.33. The number of esters is 2. The Morgan fingerprint density at radius 3 is 2.45 bits per heavy atom. The van der Waals surface area contributed by atoms with Gasteiger partial charge in [-0.3, -0.25) is 19.0 Å². The molecule has 0 saturated carbocycles. The fourth-order valence-electron chi connectivity index (χ4n) is 3.87. The zero-order valence-electron chi connectivity index (χ0n) is 22.3. The molecule has 4 aromatic rings. The van der Waals surface area contributed by atoms with Gasteiger partial charge in [-0.05, 0) is 42.8 Å². The predicted molar refractivity (Wildman–Crippen MR) is 148 cm³/mol. The lowest BCUT2D eigenvalue weighted by Crippen LogP contribution is -2.43. The first-order chi connectivity index (χ1) is 19.2. The maximum Gasteiger partial charge on any atom is 0.319 e. The van der Waals surface area contributed by atoms with Crippen LogP contribution in [0.1, 0.15) is 20.3 Å². The molecule has 0 saturated heterocycles. The number of benzene rings is 2. The highest BCUT2D eigenvalue weighted by Crippen LogP contribution is 2.31. The van der Waals surface area contributed by atoms with Crippen molar-refractivity contribution in [3.8, 4) is 28.3 Å². The number of aromatic nitrogens is 3. The lowest BCUT2D eigenvalue weighted by molar-refractivity contribution is -0.173. The molecule has 1 atom stereocenters. The molecule has 210 valence electrons. The molecule has 2 heterocycles. The number of carbonyl (C=O) groups is 2. The number of carbonyl (C=O) groups excluding carboxylic acids is 2. The molecule has 2 aromatic heterocycles. The van der Waals surface area contributed by atoms with E-state index in [1.54, 1.807) is 56.4 Å². The van der Waals surface area contributed by atoms with Crippen LogP contribution in [0, 0.1) is 0 Å². The van der Waals surface area contributed by atoms with Crippen LogP contribution in [0.4, 0.5) is 0 Å². The topological polar surface area (TPSA) is 136 Å². The van der Waals surface area contributed by atoms with Gasteiger partial charge < -0.3 is 24.7 Å². The number of ether oxygens (including phenoxy) is 4. The first-order valence-corrected chi connectivity index (χ1v) is 12.8. The van der Waals surface area contributed by atoms with E-state index in [9.17, 15) is 14.4 Å². The molecule has 2 aromatic carbocycles. The molecule has 0 amide bonds. The van der Waals surface area contributed by atoms with E-state index in [4.69, 9.17) is 36.3 Å². The highest BCUT2D eigenvalue weighted by atomic mass is 35.5. The minimum absolute atomic E-state index is 0.133. The number of fused-ring (bicyclic) bond motifs is 1. The van der Waals surface area contributed by atoms with Gasteiger partial charge in [-0.1, -0.05) is 30.7 Å². The number of nitrogens with zero attached hydrogens (tertiary/aromatic N) is 3. The summed E-state index contributed by atoms with van der Waals surface area (Å²) in [4.78, 5) is 36.9. The highest BCUT2D eigenvalue weighted by Gasteiger charge is 2.32. The van der Waals surface area contributed by atoms with Crippen LogP contribution < -0.4 is 20.8 Å². The summed E-state index contributed by atoms with van der Waals surface area (Å²) < 4.78 is 24.9. The van der Waals surface area contributed by atoms with Crippen molar-refractivity contribution in [2.75, 3.05) is 26.9 Å². The van der Waals surface area contributed by atoms with E-state index in [1.165, 1.54) is 22.5 Å². The first-order valence-electron chi connectivity index (χ1n) is 12.4. The molecular formula is C28H29ClN4O7.